The zero-order chi connectivity index (χ0) is 16.7. The van der Waals surface area contributed by atoms with Crippen LogP contribution in [0.2, 0.25) is 0 Å². The number of aryl methyl sites for hydroxylation is 1. The smallest absolute Gasteiger partial charge is 0.239 e. The first kappa shape index (κ1) is 17.6. The minimum atomic E-state index is -5.99. The quantitative estimate of drug-likeness (QED) is 0.578. The van der Waals surface area contributed by atoms with Crippen molar-refractivity contribution in [2.75, 3.05) is 0 Å². The summed E-state index contributed by atoms with van der Waals surface area (Å²) in [5, 5.41) is 0. The summed E-state index contributed by atoms with van der Waals surface area (Å²) in [6.07, 6.45) is -8.19. The van der Waals surface area contributed by atoms with Crippen LogP contribution in [0.1, 0.15) is 12.8 Å². The van der Waals surface area contributed by atoms with Crippen LogP contribution in [0.25, 0.3) is 0 Å². The molecule has 0 aliphatic rings. The first-order valence-electron chi connectivity index (χ1n) is 5.44. The third-order valence-corrected chi connectivity index (χ3v) is 2.65. The largest absolute Gasteiger partial charge is 0.468 e. The molecule has 0 aliphatic carbocycles. The molecule has 0 unspecified atom stereocenters. The molecule has 2 nitrogen and oxygen atoms in total. The Morgan fingerprint density at radius 2 is 1.43 bits per heavy atom. The molecule has 1 aromatic rings. The average Bonchev–Trinajstić information content (AvgIpc) is 2.72. The maximum atomic E-state index is 13.5. The second-order valence-electron chi connectivity index (χ2n) is 4.42. The van der Waals surface area contributed by atoms with E-state index in [1.54, 1.807) is 0 Å². The summed E-state index contributed by atoms with van der Waals surface area (Å²) in [5.41, 5.74) is 0. The van der Waals surface area contributed by atoms with E-state index in [9.17, 15) is 39.5 Å². The molecule has 0 spiro atoms. The van der Waals surface area contributed by atoms with Crippen molar-refractivity contribution in [3.8, 4) is 0 Å². The van der Waals surface area contributed by atoms with E-state index in [4.69, 9.17) is 0 Å². The Morgan fingerprint density at radius 3 is 1.81 bits per heavy atom. The summed E-state index contributed by atoms with van der Waals surface area (Å²) in [6.45, 7) is 0. The molecule has 0 saturated heterocycles. The standard InChI is InChI=1S/C10H10F9N2/c1-20-4-5-21(6-20)10(18,19)9(16,17)7(11,12)2-3-8(13,14)15/h4-6H,2-3H2,1H3/q+1. The molecule has 122 valence electrons. The van der Waals surface area contributed by atoms with Crippen molar-refractivity contribution >= 4 is 0 Å². The molecule has 21 heavy (non-hydrogen) atoms. The van der Waals surface area contributed by atoms with Crippen molar-refractivity contribution in [1.82, 2.24) is 4.57 Å². The summed E-state index contributed by atoms with van der Waals surface area (Å²) in [7, 11) is 1.17. The lowest BCUT2D eigenvalue weighted by Crippen LogP contribution is -2.55. The zero-order valence-corrected chi connectivity index (χ0v) is 10.4. The topological polar surface area (TPSA) is 8.81 Å². The number of rotatable bonds is 5. The second kappa shape index (κ2) is 5.09. The van der Waals surface area contributed by atoms with Crippen molar-refractivity contribution in [1.29, 1.82) is 0 Å². The van der Waals surface area contributed by atoms with Crippen LogP contribution in [-0.4, -0.2) is 22.6 Å². The monoisotopic (exact) mass is 329 g/mol. The molecule has 0 amide bonds. The Labute approximate surface area is 112 Å². The van der Waals surface area contributed by atoms with Gasteiger partial charge in [-0.3, -0.25) is 0 Å². The van der Waals surface area contributed by atoms with Gasteiger partial charge in [-0.25, -0.2) is 4.57 Å². The number of alkyl halides is 9. The summed E-state index contributed by atoms with van der Waals surface area (Å²) in [5.74, 6) is -11.5. The van der Waals surface area contributed by atoms with Gasteiger partial charge in [0.15, 0.2) is 0 Å². The van der Waals surface area contributed by atoms with Gasteiger partial charge in [0.05, 0.1) is 7.05 Å². The lowest BCUT2D eigenvalue weighted by molar-refractivity contribution is -0.672. The van der Waals surface area contributed by atoms with E-state index in [0.29, 0.717) is 12.5 Å². The molecule has 1 aromatic heterocycles. The average molecular weight is 329 g/mol. The molecule has 0 radical (unpaired) electrons. The van der Waals surface area contributed by atoms with E-state index in [2.05, 4.69) is 0 Å². The predicted molar refractivity (Wildman–Crippen MR) is 51.0 cm³/mol. The van der Waals surface area contributed by atoms with Crippen LogP contribution in [0.4, 0.5) is 39.5 Å². The first-order valence-corrected chi connectivity index (χ1v) is 5.44. The van der Waals surface area contributed by atoms with E-state index >= 15 is 0 Å². The predicted octanol–water partition coefficient (Wildman–Crippen LogP) is 3.48. The highest BCUT2D eigenvalue weighted by atomic mass is 19.4. The molecule has 11 heteroatoms. The Hall–Kier alpha value is -1.42. The maximum absolute atomic E-state index is 13.5. The van der Waals surface area contributed by atoms with E-state index < -0.39 is 41.5 Å². The lowest BCUT2D eigenvalue weighted by atomic mass is 10.0. The zero-order valence-electron chi connectivity index (χ0n) is 10.4. The summed E-state index contributed by atoms with van der Waals surface area (Å²) < 4.78 is 116. The van der Waals surface area contributed by atoms with Crippen molar-refractivity contribution < 1.29 is 44.1 Å². The fourth-order valence-corrected chi connectivity index (χ4v) is 1.45. The molecule has 1 heterocycles. The molecule has 0 aromatic carbocycles. The fraction of sp³-hybridized carbons (Fsp3) is 0.700. The molecular formula is C10H10F9N2+. The van der Waals surface area contributed by atoms with Gasteiger partial charge in [-0.1, -0.05) is 0 Å². The number of halogens is 9. The normalized spacial score (nSPS) is 14.6. The van der Waals surface area contributed by atoms with Gasteiger partial charge in [-0.15, -0.1) is 0 Å². The van der Waals surface area contributed by atoms with E-state index in [1.165, 1.54) is 7.05 Å². The SMILES string of the molecule is C[n+]1ccn(C(F)(F)C(F)(F)C(F)(F)CCC(F)(F)F)c1. The molecule has 0 saturated carbocycles. The van der Waals surface area contributed by atoms with Crippen molar-refractivity contribution in [3.05, 3.63) is 18.7 Å². The van der Waals surface area contributed by atoms with Gasteiger partial charge in [-0.2, -0.15) is 44.1 Å². The highest BCUT2D eigenvalue weighted by molar-refractivity contribution is 4.95. The van der Waals surface area contributed by atoms with E-state index in [0.717, 1.165) is 10.8 Å². The Balaban J connectivity index is 3.06. The van der Waals surface area contributed by atoms with Crippen molar-refractivity contribution in [2.24, 2.45) is 7.05 Å². The number of nitrogens with zero attached hydrogens (tertiary/aromatic N) is 2. The second-order valence-corrected chi connectivity index (χ2v) is 4.42. The van der Waals surface area contributed by atoms with Gasteiger partial charge >= 0.3 is 24.1 Å². The Morgan fingerprint density at radius 1 is 0.905 bits per heavy atom. The van der Waals surface area contributed by atoms with Gasteiger partial charge < -0.3 is 0 Å². The van der Waals surface area contributed by atoms with E-state index in [1.807, 2.05) is 0 Å². The first-order chi connectivity index (χ1) is 9.21. The molecule has 0 fully saturated rings. The Kier molecular flexibility index (Phi) is 4.28. The highest BCUT2D eigenvalue weighted by Crippen LogP contribution is 2.50. The van der Waals surface area contributed by atoms with Crippen molar-refractivity contribution in [3.63, 3.8) is 0 Å². The third-order valence-electron chi connectivity index (χ3n) is 2.65. The van der Waals surface area contributed by atoms with Crippen molar-refractivity contribution in [2.45, 2.75) is 36.9 Å². The molecule has 0 atom stereocenters. The van der Waals surface area contributed by atoms with Crippen LogP contribution in [0.15, 0.2) is 18.7 Å². The van der Waals surface area contributed by atoms with Gasteiger partial charge in [0.25, 0.3) is 0 Å². The van der Waals surface area contributed by atoms with Crippen LogP contribution in [0, 0.1) is 0 Å². The van der Waals surface area contributed by atoms with Crippen LogP contribution in [0.5, 0.6) is 0 Å². The molecule has 1 rings (SSSR count). The molecule has 0 aliphatic heterocycles. The lowest BCUT2D eigenvalue weighted by Gasteiger charge is -2.30. The summed E-state index contributed by atoms with van der Waals surface area (Å²) >= 11 is 0. The van der Waals surface area contributed by atoms with Crippen LogP contribution in [-0.2, 0) is 13.1 Å². The maximum Gasteiger partial charge on any atom is 0.468 e. The number of hydrogen-bond acceptors (Lipinski definition) is 0. The summed E-state index contributed by atoms with van der Waals surface area (Å²) in [6, 6.07) is -5.39. The van der Waals surface area contributed by atoms with Gasteiger partial charge in [0.2, 0.25) is 6.33 Å². The number of aromatic nitrogens is 2. The highest BCUT2D eigenvalue weighted by Gasteiger charge is 2.75. The van der Waals surface area contributed by atoms with Gasteiger partial charge in [-0.05, 0) is 0 Å². The molecule has 0 bridgehead atoms. The Bertz CT molecular complexity index is 489. The van der Waals surface area contributed by atoms with Crippen LogP contribution >= 0.6 is 0 Å². The van der Waals surface area contributed by atoms with Gasteiger partial charge in [0, 0.05) is 12.8 Å². The molecular weight excluding hydrogens is 319 g/mol. The number of imidazole rings is 1. The minimum absolute atomic E-state index is 0.410. The minimum Gasteiger partial charge on any atom is -0.239 e. The van der Waals surface area contributed by atoms with Crippen LogP contribution < -0.4 is 4.57 Å². The fourth-order valence-electron chi connectivity index (χ4n) is 1.45. The molecule has 0 N–H and O–H groups in total. The number of hydrogen-bond donors (Lipinski definition) is 0. The van der Waals surface area contributed by atoms with Gasteiger partial charge in [0.1, 0.15) is 12.4 Å². The van der Waals surface area contributed by atoms with Crippen LogP contribution in [0.3, 0.4) is 0 Å². The summed E-state index contributed by atoms with van der Waals surface area (Å²) in [4.78, 5) is 0. The van der Waals surface area contributed by atoms with E-state index in [-0.39, 0.29) is 0 Å². The third kappa shape index (κ3) is 3.43.